The lowest BCUT2D eigenvalue weighted by atomic mass is 9.85. The molecule has 1 N–H and O–H groups in total. The lowest BCUT2D eigenvalue weighted by Gasteiger charge is -2.23. The van der Waals surface area contributed by atoms with E-state index in [2.05, 4.69) is 6.58 Å². The Morgan fingerprint density at radius 2 is 2.27 bits per heavy atom. The van der Waals surface area contributed by atoms with Gasteiger partial charge in [-0.25, -0.2) is 0 Å². The van der Waals surface area contributed by atoms with E-state index in [1.807, 2.05) is 13.8 Å². The maximum Gasteiger partial charge on any atom is 0.0982 e. The van der Waals surface area contributed by atoms with Crippen LogP contribution < -0.4 is 0 Å². The third-order valence-corrected chi connectivity index (χ3v) is 2.41. The smallest absolute Gasteiger partial charge is 0.0982 e. The lowest BCUT2D eigenvalue weighted by Crippen LogP contribution is -2.11. The van der Waals surface area contributed by atoms with Crippen molar-refractivity contribution >= 4 is 0 Å². The van der Waals surface area contributed by atoms with Crippen LogP contribution in [0.1, 0.15) is 33.1 Å². The van der Waals surface area contributed by atoms with Gasteiger partial charge in [0.1, 0.15) is 0 Å². The highest BCUT2D eigenvalue weighted by atomic mass is 16.3. The molecular formula is C10H16O. The highest BCUT2D eigenvalue weighted by Crippen LogP contribution is 2.31. The summed E-state index contributed by atoms with van der Waals surface area (Å²) in [6, 6.07) is 0. The summed E-state index contributed by atoms with van der Waals surface area (Å²) in [5.41, 5.74) is 2.23. The summed E-state index contributed by atoms with van der Waals surface area (Å²) in [5.74, 6) is 0.812. The maximum absolute atomic E-state index is 9.63. The van der Waals surface area contributed by atoms with Gasteiger partial charge in [-0.05, 0) is 38.7 Å². The third kappa shape index (κ3) is 1.65. The van der Waals surface area contributed by atoms with E-state index in [0.717, 1.165) is 24.0 Å². The topological polar surface area (TPSA) is 20.2 Å². The quantitative estimate of drug-likeness (QED) is 0.572. The Labute approximate surface area is 68.4 Å². The molecule has 0 saturated carbocycles. The number of allylic oxidation sites excluding steroid dienone is 2. The van der Waals surface area contributed by atoms with Crippen LogP contribution in [-0.4, -0.2) is 5.11 Å². The Kier molecular flexibility index (Phi) is 2.38. The Morgan fingerprint density at radius 1 is 1.64 bits per heavy atom. The van der Waals surface area contributed by atoms with Crippen LogP contribution in [0.25, 0.3) is 0 Å². The molecule has 1 atom stereocenters. The fourth-order valence-corrected chi connectivity index (χ4v) is 1.61. The van der Waals surface area contributed by atoms with Crippen LogP contribution >= 0.6 is 0 Å². The van der Waals surface area contributed by atoms with Gasteiger partial charge in [0.05, 0.1) is 5.76 Å². The molecule has 0 aromatic heterocycles. The van der Waals surface area contributed by atoms with Crippen LogP contribution in [0.5, 0.6) is 0 Å². The van der Waals surface area contributed by atoms with Crippen LogP contribution in [-0.2, 0) is 0 Å². The largest absolute Gasteiger partial charge is 0.512 e. The average Bonchev–Trinajstić information content (AvgIpc) is 1.94. The van der Waals surface area contributed by atoms with Crippen molar-refractivity contribution in [2.75, 3.05) is 0 Å². The fraction of sp³-hybridized carbons (Fsp3) is 0.600. The second-order valence-electron chi connectivity index (χ2n) is 3.46. The second-order valence-corrected chi connectivity index (χ2v) is 3.46. The Balaban J connectivity index is 2.82. The highest BCUT2D eigenvalue weighted by Gasteiger charge is 2.20. The molecular weight excluding hydrogens is 136 g/mol. The molecule has 1 heteroatoms. The molecule has 1 aliphatic rings. The van der Waals surface area contributed by atoms with Crippen molar-refractivity contribution in [2.45, 2.75) is 33.1 Å². The molecule has 0 fully saturated rings. The van der Waals surface area contributed by atoms with Crippen LogP contribution in [0.3, 0.4) is 0 Å². The first kappa shape index (κ1) is 8.38. The average molecular weight is 152 g/mol. The van der Waals surface area contributed by atoms with Crippen molar-refractivity contribution in [3.63, 3.8) is 0 Å². The summed E-state index contributed by atoms with van der Waals surface area (Å²) in [7, 11) is 0. The first-order chi connectivity index (χ1) is 5.13. The molecule has 0 aromatic rings. The minimum absolute atomic E-state index is 0.240. The van der Waals surface area contributed by atoms with E-state index >= 15 is 0 Å². The SMILES string of the molecule is C=C(C)C1CCCC(C)=C1O. The molecule has 0 saturated heterocycles. The maximum atomic E-state index is 9.63. The van der Waals surface area contributed by atoms with Gasteiger partial charge in [-0.1, -0.05) is 12.2 Å². The molecule has 62 valence electrons. The van der Waals surface area contributed by atoms with Crippen LogP contribution in [0.15, 0.2) is 23.5 Å². The van der Waals surface area contributed by atoms with Gasteiger partial charge in [0, 0.05) is 5.92 Å². The molecule has 0 amide bonds. The molecule has 1 aliphatic carbocycles. The van der Waals surface area contributed by atoms with Gasteiger partial charge >= 0.3 is 0 Å². The predicted octanol–water partition coefficient (Wildman–Crippen LogP) is 3.19. The monoisotopic (exact) mass is 152 g/mol. The highest BCUT2D eigenvalue weighted by molar-refractivity contribution is 5.19. The van der Waals surface area contributed by atoms with Gasteiger partial charge in [-0.3, -0.25) is 0 Å². The third-order valence-electron chi connectivity index (χ3n) is 2.41. The zero-order chi connectivity index (χ0) is 8.43. The number of aliphatic hydroxyl groups excluding tert-OH is 1. The second kappa shape index (κ2) is 3.12. The molecule has 11 heavy (non-hydrogen) atoms. The van der Waals surface area contributed by atoms with E-state index in [-0.39, 0.29) is 5.92 Å². The number of hydrogen-bond acceptors (Lipinski definition) is 1. The summed E-state index contributed by atoms with van der Waals surface area (Å²) in [6.07, 6.45) is 3.31. The minimum Gasteiger partial charge on any atom is -0.512 e. The van der Waals surface area contributed by atoms with E-state index in [0.29, 0.717) is 5.76 Å². The van der Waals surface area contributed by atoms with Crippen LogP contribution in [0, 0.1) is 5.92 Å². The van der Waals surface area contributed by atoms with E-state index in [1.165, 1.54) is 6.42 Å². The molecule has 1 unspecified atom stereocenters. The Hall–Kier alpha value is -0.720. The van der Waals surface area contributed by atoms with Gasteiger partial charge in [0.2, 0.25) is 0 Å². The number of rotatable bonds is 1. The van der Waals surface area contributed by atoms with Crippen molar-refractivity contribution in [1.29, 1.82) is 0 Å². The Bertz CT molecular complexity index is 201. The molecule has 0 spiro atoms. The molecule has 0 heterocycles. The summed E-state index contributed by atoms with van der Waals surface area (Å²) < 4.78 is 0. The van der Waals surface area contributed by atoms with Crippen LogP contribution in [0.4, 0.5) is 0 Å². The predicted molar refractivity (Wildman–Crippen MR) is 47.5 cm³/mol. The summed E-state index contributed by atoms with van der Waals surface area (Å²) >= 11 is 0. The lowest BCUT2D eigenvalue weighted by molar-refractivity contribution is 0.313. The molecule has 0 bridgehead atoms. The van der Waals surface area contributed by atoms with Gasteiger partial charge in [-0.2, -0.15) is 0 Å². The number of hydrogen-bond donors (Lipinski definition) is 1. The van der Waals surface area contributed by atoms with Crippen LogP contribution in [0.2, 0.25) is 0 Å². The molecule has 1 rings (SSSR count). The zero-order valence-corrected chi connectivity index (χ0v) is 7.35. The zero-order valence-electron chi connectivity index (χ0n) is 7.35. The number of aliphatic hydroxyl groups is 1. The summed E-state index contributed by atoms with van der Waals surface area (Å²) in [4.78, 5) is 0. The minimum atomic E-state index is 0.240. The summed E-state index contributed by atoms with van der Waals surface area (Å²) in [6.45, 7) is 7.86. The molecule has 0 radical (unpaired) electrons. The molecule has 1 nitrogen and oxygen atoms in total. The van der Waals surface area contributed by atoms with E-state index in [1.54, 1.807) is 0 Å². The van der Waals surface area contributed by atoms with Gasteiger partial charge in [0.15, 0.2) is 0 Å². The first-order valence-corrected chi connectivity index (χ1v) is 4.17. The molecule has 0 aromatic carbocycles. The normalized spacial score (nSPS) is 25.5. The van der Waals surface area contributed by atoms with Crippen molar-refractivity contribution in [2.24, 2.45) is 5.92 Å². The van der Waals surface area contributed by atoms with Crippen molar-refractivity contribution in [3.8, 4) is 0 Å². The Morgan fingerprint density at radius 3 is 2.73 bits per heavy atom. The summed E-state index contributed by atoms with van der Waals surface area (Å²) in [5, 5.41) is 9.63. The van der Waals surface area contributed by atoms with Gasteiger partial charge in [0.25, 0.3) is 0 Å². The van der Waals surface area contributed by atoms with E-state index in [9.17, 15) is 5.11 Å². The van der Waals surface area contributed by atoms with Crippen molar-refractivity contribution < 1.29 is 5.11 Å². The fourth-order valence-electron chi connectivity index (χ4n) is 1.61. The van der Waals surface area contributed by atoms with Gasteiger partial charge in [-0.15, -0.1) is 0 Å². The van der Waals surface area contributed by atoms with E-state index in [4.69, 9.17) is 0 Å². The van der Waals surface area contributed by atoms with Gasteiger partial charge < -0.3 is 5.11 Å². The van der Waals surface area contributed by atoms with E-state index < -0.39 is 0 Å². The van der Waals surface area contributed by atoms with Crippen molar-refractivity contribution in [1.82, 2.24) is 0 Å². The standard InChI is InChI=1S/C10H16O/c1-7(2)9-6-4-5-8(3)10(9)11/h9,11H,1,4-6H2,2-3H3. The van der Waals surface area contributed by atoms with Crippen molar-refractivity contribution in [3.05, 3.63) is 23.5 Å². The molecule has 0 aliphatic heterocycles. The first-order valence-electron chi connectivity index (χ1n) is 4.17.